The molecule has 4 N–H and O–H groups in total. The molecule has 2 aromatic rings. The zero-order valence-corrected chi connectivity index (χ0v) is 18.0. The zero-order valence-electron chi connectivity index (χ0n) is 18.0. The molecule has 0 aliphatic rings. The van der Waals surface area contributed by atoms with Gasteiger partial charge in [0, 0.05) is 18.9 Å². The van der Waals surface area contributed by atoms with Gasteiger partial charge in [0.25, 0.3) is 0 Å². The number of esters is 1. The summed E-state index contributed by atoms with van der Waals surface area (Å²) in [6.45, 7) is 1.92. The monoisotopic (exact) mass is 428 g/mol. The largest absolute Gasteiger partial charge is 0.494 e. The van der Waals surface area contributed by atoms with E-state index in [1.54, 1.807) is 31.4 Å². The van der Waals surface area contributed by atoms with Crippen LogP contribution in [0.1, 0.15) is 31.2 Å². The maximum Gasteiger partial charge on any atom is 0.330 e. The lowest BCUT2D eigenvalue weighted by Gasteiger charge is -2.09. The highest BCUT2D eigenvalue weighted by Gasteiger charge is 2.01. The highest BCUT2D eigenvalue weighted by molar-refractivity contribution is 5.87. The van der Waals surface area contributed by atoms with Crippen LogP contribution in [0.2, 0.25) is 0 Å². The summed E-state index contributed by atoms with van der Waals surface area (Å²) in [5.41, 5.74) is 13.6. The third-order valence-electron chi connectivity index (χ3n) is 4.42. The van der Waals surface area contributed by atoms with E-state index in [-0.39, 0.29) is 12.6 Å². The van der Waals surface area contributed by atoms with Crippen molar-refractivity contribution < 1.29 is 23.7 Å². The SMILES string of the molecule is COCCOC(=O)/C=C/c1ccc(OCCCCCCOc2ccc(N)cc2N)cc1. The van der Waals surface area contributed by atoms with Gasteiger partial charge < -0.3 is 30.4 Å². The second kappa shape index (κ2) is 13.9. The van der Waals surface area contributed by atoms with Crippen LogP contribution in [0.5, 0.6) is 11.5 Å². The van der Waals surface area contributed by atoms with Crippen molar-refractivity contribution in [3.63, 3.8) is 0 Å². The van der Waals surface area contributed by atoms with Gasteiger partial charge in [-0.1, -0.05) is 12.1 Å². The first-order valence-electron chi connectivity index (χ1n) is 10.4. The van der Waals surface area contributed by atoms with Crippen molar-refractivity contribution in [3.8, 4) is 11.5 Å². The summed E-state index contributed by atoms with van der Waals surface area (Å²) in [7, 11) is 1.56. The summed E-state index contributed by atoms with van der Waals surface area (Å²) in [4.78, 5) is 11.5. The summed E-state index contributed by atoms with van der Waals surface area (Å²) >= 11 is 0. The maximum atomic E-state index is 11.5. The topological polar surface area (TPSA) is 106 Å². The molecule has 0 aliphatic carbocycles. The molecule has 0 atom stereocenters. The molecular weight excluding hydrogens is 396 g/mol. The van der Waals surface area contributed by atoms with Crippen molar-refractivity contribution in [2.24, 2.45) is 0 Å². The van der Waals surface area contributed by atoms with Crippen LogP contribution >= 0.6 is 0 Å². The third-order valence-corrected chi connectivity index (χ3v) is 4.42. The van der Waals surface area contributed by atoms with Gasteiger partial charge in [-0.3, -0.25) is 0 Å². The second-order valence-electron chi connectivity index (χ2n) is 6.97. The van der Waals surface area contributed by atoms with Crippen molar-refractivity contribution in [1.29, 1.82) is 0 Å². The molecule has 7 heteroatoms. The third kappa shape index (κ3) is 9.91. The lowest BCUT2D eigenvalue weighted by Crippen LogP contribution is -2.06. The molecule has 168 valence electrons. The number of carbonyl (C=O) groups excluding carboxylic acids is 1. The first kappa shape index (κ1) is 24.1. The molecule has 7 nitrogen and oxygen atoms in total. The van der Waals surface area contributed by atoms with E-state index in [0.29, 0.717) is 36.9 Å². The van der Waals surface area contributed by atoms with Crippen LogP contribution < -0.4 is 20.9 Å². The molecule has 0 amide bonds. The number of benzene rings is 2. The summed E-state index contributed by atoms with van der Waals surface area (Å²) in [6, 6.07) is 12.9. The van der Waals surface area contributed by atoms with Crippen molar-refractivity contribution in [3.05, 3.63) is 54.1 Å². The Labute approximate surface area is 183 Å². The molecule has 0 saturated carbocycles. The summed E-state index contributed by atoms with van der Waals surface area (Å²) in [5, 5.41) is 0. The average molecular weight is 429 g/mol. The van der Waals surface area contributed by atoms with Gasteiger partial charge in [-0.05, 0) is 67.7 Å². The zero-order chi connectivity index (χ0) is 22.3. The molecule has 2 aromatic carbocycles. The van der Waals surface area contributed by atoms with Gasteiger partial charge in [0.2, 0.25) is 0 Å². The number of hydrogen-bond donors (Lipinski definition) is 2. The fourth-order valence-corrected chi connectivity index (χ4v) is 2.74. The first-order valence-corrected chi connectivity index (χ1v) is 10.4. The number of nitrogen functional groups attached to an aromatic ring is 2. The standard InChI is InChI=1S/C24H32N2O5/c1-28-16-17-31-24(27)13-8-19-6-10-21(11-7-19)29-14-4-2-3-5-15-30-23-12-9-20(25)18-22(23)26/h6-13,18H,2-5,14-17,25-26H2,1H3/b13-8+. The van der Waals surface area contributed by atoms with Crippen molar-refractivity contribution >= 4 is 23.4 Å². The van der Waals surface area contributed by atoms with Gasteiger partial charge in [-0.2, -0.15) is 0 Å². The van der Waals surface area contributed by atoms with E-state index in [9.17, 15) is 4.79 Å². The molecule has 0 radical (unpaired) electrons. The predicted octanol–water partition coefficient (Wildman–Crippen LogP) is 4.07. The molecular formula is C24H32N2O5. The number of methoxy groups -OCH3 is 1. The Morgan fingerprint density at radius 1 is 0.871 bits per heavy atom. The van der Waals surface area contributed by atoms with Crippen molar-refractivity contribution in [2.75, 3.05) is 45.0 Å². The minimum Gasteiger partial charge on any atom is -0.494 e. The van der Waals surface area contributed by atoms with E-state index in [4.69, 9.17) is 30.4 Å². The minimum absolute atomic E-state index is 0.247. The van der Waals surface area contributed by atoms with Gasteiger partial charge in [0.05, 0.1) is 25.5 Å². The van der Waals surface area contributed by atoms with Crippen molar-refractivity contribution in [1.82, 2.24) is 0 Å². The number of ether oxygens (including phenoxy) is 4. The highest BCUT2D eigenvalue weighted by atomic mass is 16.6. The van der Waals surface area contributed by atoms with Crippen LogP contribution in [0.4, 0.5) is 11.4 Å². The molecule has 31 heavy (non-hydrogen) atoms. The Morgan fingerprint density at radius 2 is 1.58 bits per heavy atom. The van der Waals surface area contributed by atoms with Crippen LogP contribution in [0.15, 0.2) is 48.5 Å². The quantitative estimate of drug-likeness (QED) is 0.202. The molecule has 0 heterocycles. The van der Waals surface area contributed by atoms with Crippen LogP contribution in [0.25, 0.3) is 6.08 Å². The van der Waals surface area contributed by atoms with E-state index in [0.717, 1.165) is 37.0 Å². The Hall–Kier alpha value is -3.19. The average Bonchev–Trinajstić information content (AvgIpc) is 2.76. The molecule has 0 aliphatic heterocycles. The van der Waals surface area contributed by atoms with E-state index in [1.165, 1.54) is 6.08 Å². The van der Waals surface area contributed by atoms with Crippen LogP contribution in [-0.4, -0.2) is 39.5 Å². The number of anilines is 2. The predicted molar refractivity (Wildman–Crippen MR) is 123 cm³/mol. The van der Waals surface area contributed by atoms with Gasteiger partial charge in [-0.25, -0.2) is 4.79 Å². The van der Waals surface area contributed by atoms with Gasteiger partial charge in [0.15, 0.2) is 0 Å². The maximum absolute atomic E-state index is 11.5. The number of nitrogens with two attached hydrogens (primary N) is 2. The van der Waals surface area contributed by atoms with E-state index in [1.807, 2.05) is 24.3 Å². The van der Waals surface area contributed by atoms with Crippen LogP contribution in [-0.2, 0) is 14.3 Å². The summed E-state index contributed by atoms with van der Waals surface area (Å²) in [6.07, 6.45) is 7.16. The Bertz CT molecular complexity index is 821. The van der Waals surface area contributed by atoms with Crippen LogP contribution in [0.3, 0.4) is 0 Å². The van der Waals surface area contributed by atoms with Crippen LogP contribution in [0, 0.1) is 0 Å². The molecule has 0 fully saturated rings. The summed E-state index contributed by atoms with van der Waals surface area (Å²) < 4.78 is 21.2. The Balaban J connectivity index is 1.54. The van der Waals surface area contributed by atoms with Gasteiger partial charge in [0.1, 0.15) is 18.1 Å². The fourth-order valence-electron chi connectivity index (χ4n) is 2.74. The normalized spacial score (nSPS) is 10.9. The van der Waals surface area contributed by atoms with Crippen molar-refractivity contribution in [2.45, 2.75) is 25.7 Å². The lowest BCUT2D eigenvalue weighted by atomic mass is 10.2. The number of hydrogen-bond acceptors (Lipinski definition) is 7. The smallest absolute Gasteiger partial charge is 0.330 e. The Kier molecular flexibility index (Phi) is 10.8. The molecule has 2 rings (SSSR count). The second-order valence-corrected chi connectivity index (χ2v) is 6.97. The number of carbonyl (C=O) groups is 1. The highest BCUT2D eigenvalue weighted by Crippen LogP contribution is 2.23. The molecule has 0 bridgehead atoms. The summed E-state index contributed by atoms with van der Waals surface area (Å²) in [5.74, 6) is 1.10. The van der Waals surface area contributed by atoms with Gasteiger partial charge in [-0.15, -0.1) is 0 Å². The van der Waals surface area contributed by atoms with E-state index >= 15 is 0 Å². The molecule has 0 aromatic heterocycles. The number of unbranched alkanes of at least 4 members (excludes halogenated alkanes) is 3. The Morgan fingerprint density at radius 3 is 2.26 bits per heavy atom. The minimum atomic E-state index is -0.389. The van der Waals surface area contributed by atoms with E-state index in [2.05, 4.69) is 0 Å². The molecule has 0 unspecified atom stereocenters. The van der Waals surface area contributed by atoms with Gasteiger partial charge >= 0.3 is 5.97 Å². The number of rotatable bonds is 14. The molecule has 0 spiro atoms. The fraction of sp³-hybridized carbons (Fsp3) is 0.375. The van der Waals surface area contributed by atoms with E-state index < -0.39 is 0 Å². The lowest BCUT2D eigenvalue weighted by molar-refractivity contribution is -0.138. The molecule has 0 saturated heterocycles. The first-order chi connectivity index (χ1) is 15.1.